The molecule has 2 aromatic heterocycles. The highest BCUT2D eigenvalue weighted by molar-refractivity contribution is 7.15. The van der Waals surface area contributed by atoms with Crippen LogP contribution >= 0.6 is 22.9 Å². The summed E-state index contributed by atoms with van der Waals surface area (Å²) in [4.78, 5) is 31.8. The van der Waals surface area contributed by atoms with Crippen LogP contribution in [0.25, 0.3) is 5.00 Å². The number of nitrogens with zero attached hydrogens (tertiary/aromatic N) is 4. The Morgan fingerprint density at radius 2 is 1.54 bits per heavy atom. The molecule has 1 atom stereocenters. The second kappa shape index (κ2) is 16.7. The van der Waals surface area contributed by atoms with Gasteiger partial charge in [-0.2, -0.15) is 0 Å². The summed E-state index contributed by atoms with van der Waals surface area (Å²) in [6.45, 7) is 9.56. The first-order valence-corrected chi connectivity index (χ1v) is 18.1. The van der Waals surface area contributed by atoms with E-state index in [9.17, 15) is 9.59 Å². The van der Waals surface area contributed by atoms with E-state index in [4.69, 9.17) is 16.6 Å². The van der Waals surface area contributed by atoms with Crippen LogP contribution in [0.5, 0.6) is 0 Å². The molecule has 1 unspecified atom stereocenters. The molecule has 0 aliphatic carbocycles. The molecule has 5 rings (SSSR count). The first-order valence-electron chi connectivity index (χ1n) is 16.9. The van der Waals surface area contributed by atoms with Crippen molar-refractivity contribution in [2.75, 3.05) is 26.2 Å². The van der Waals surface area contributed by atoms with Gasteiger partial charge in [-0.1, -0.05) is 62.3 Å². The van der Waals surface area contributed by atoms with Crippen molar-refractivity contribution in [2.24, 2.45) is 10.9 Å². The molecule has 1 aromatic carbocycles. The monoisotopic (exact) mass is 665 g/mol. The van der Waals surface area contributed by atoms with E-state index in [2.05, 4.69) is 44.6 Å². The molecule has 2 aliphatic rings. The lowest BCUT2D eigenvalue weighted by Gasteiger charge is -2.21. The molecular formula is C35H48ClN7O2S. The summed E-state index contributed by atoms with van der Waals surface area (Å²) in [5.41, 5.74) is 4.07. The number of hydrogen-bond donors (Lipinski definition) is 3. The number of aromatic nitrogens is 3. The van der Waals surface area contributed by atoms with Crippen LogP contribution in [0.15, 0.2) is 29.3 Å². The van der Waals surface area contributed by atoms with Crippen molar-refractivity contribution in [1.29, 1.82) is 0 Å². The normalized spacial score (nSPS) is 16.3. The van der Waals surface area contributed by atoms with Crippen molar-refractivity contribution < 1.29 is 9.59 Å². The zero-order valence-corrected chi connectivity index (χ0v) is 29.0. The van der Waals surface area contributed by atoms with Crippen LogP contribution in [0.3, 0.4) is 0 Å². The van der Waals surface area contributed by atoms with Crippen molar-refractivity contribution in [3.63, 3.8) is 0 Å². The Balaban J connectivity index is 1.05. The molecular weight excluding hydrogens is 618 g/mol. The molecule has 9 nitrogen and oxygen atoms in total. The zero-order valence-electron chi connectivity index (χ0n) is 27.5. The van der Waals surface area contributed by atoms with Gasteiger partial charge in [0, 0.05) is 40.0 Å². The molecule has 4 heterocycles. The lowest BCUT2D eigenvalue weighted by atomic mass is 9.97. The summed E-state index contributed by atoms with van der Waals surface area (Å²) in [6.07, 6.45) is 11.2. The van der Waals surface area contributed by atoms with E-state index in [0.29, 0.717) is 17.4 Å². The third-order valence-corrected chi connectivity index (χ3v) is 10.6. The fourth-order valence-corrected chi connectivity index (χ4v) is 7.70. The Morgan fingerprint density at radius 1 is 0.913 bits per heavy atom. The molecule has 11 heteroatoms. The maximum Gasteiger partial charge on any atom is 0.223 e. The topological polar surface area (TPSA) is 113 Å². The van der Waals surface area contributed by atoms with E-state index in [-0.39, 0.29) is 24.2 Å². The molecule has 46 heavy (non-hydrogen) atoms. The minimum absolute atomic E-state index is 0.0261. The largest absolute Gasteiger partial charge is 0.356 e. The number of halogens is 1. The summed E-state index contributed by atoms with van der Waals surface area (Å²) in [5.74, 6) is 1.89. The summed E-state index contributed by atoms with van der Waals surface area (Å²) in [7, 11) is 0. The SMILES string of the molecule is Cc1sc2c(c1C)C(c1ccc(Cl)cc1)=NC(CC(=O)NCCCCCCCCCCNC(=O)C1CCNCC1)c1nnc(C)n1-2. The van der Waals surface area contributed by atoms with Gasteiger partial charge in [-0.25, -0.2) is 0 Å². The van der Waals surface area contributed by atoms with Crippen LogP contribution in [0.4, 0.5) is 0 Å². The van der Waals surface area contributed by atoms with Gasteiger partial charge in [0.25, 0.3) is 0 Å². The number of aryl methyl sites for hydroxylation is 2. The Kier molecular flexibility index (Phi) is 12.4. The zero-order chi connectivity index (χ0) is 32.5. The Labute approximate surface area is 282 Å². The number of fused-ring (bicyclic) bond motifs is 3. The minimum atomic E-state index is -0.455. The Morgan fingerprint density at radius 3 is 2.22 bits per heavy atom. The number of rotatable bonds is 15. The van der Waals surface area contributed by atoms with Crippen LogP contribution in [0, 0.1) is 26.7 Å². The number of unbranched alkanes of at least 4 members (excludes halogenated alkanes) is 7. The molecule has 2 aliphatic heterocycles. The van der Waals surface area contributed by atoms with Crippen LogP contribution in [-0.4, -0.2) is 58.5 Å². The third kappa shape index (κ3) is 8.63. The molecule has 0 spiro atoms. The van der Waals surface area contributed by atoms with Crippen molar-refractivity contribution >= 4 is 40.5 Å². The number of carbonyl (C=O) groups is 2. The highest BCUT2D eigenvalue weighted by Gasteiger charge is 2.32. The van der Waals surface area contributed by atoms with Crippen molar-refractivity contribution in [3.05, 3.63) is 62.5 Å². The summed E-state index contributed by atoms with van der Waals surface area (Å²) in [6, 6.07) is 7.28. The van der Waals surface area contributed by atoms with Gasteiger partial charge in [-0.05, 0) is 77.2 Å². The maximum absolute atomic E-state index is 13.2. The van der Waals surface area contributed by atoms with Gasteiger partial charge >= 0.3 is 0 Å². The predicted octanol–water partition coefficient (Wildman–Crippen LogP) is 6.54. The van der Waals surface area contributed by atoms with Crippen LogP contribution < -0.4 is 16.0 Å². The molecule has 3 N–H and O–H groups in total. The van der Waals surface area contributed by atoms with Crippen molar-refractivity contribution in [3.8, 4) is 5.00 Å². The lowest BCUT2D eigenvalue weighted by Crippen LogP contribution is -2.38. The average molecular weight is 666 g/mol. The van der Waals surface area contributed by atoms with Gasteiger partial charge in [0.15, 0.2) is 5.82 Å². The standard InChI is InChI=1S/C35H48ClN7O2S/c1-23-24(2)46-35-31(23)32(26-12-14-28(36)15-13-26)40-29(33-42-41-25(3)43(33)35)22-30(44)38-18-10-8-6-4-5-7-9-11-19-39-34(45)27-16-20-37-21-17-27/h12-15,27,29,37H,4-11,16-22H2,1-3H3,(H,38,44)(H,39,45). The minimum Gasteiger partial charge on any atom is -0.356 e. The van der Waals surface area contributed by atoms with Gasteiger partial charge in [0.2, 0.25) is 11.8 Å². The van der Waals surface area contributed by atoms with Crippen molar-refractivity contribution in [2.45, 2.75) is 97.4 Å². The quantitative estimate of drug-likeness (QED) is 0.160. The van der Waals surface area contributed by atoms with E-state index in [0.717, 1.165) is 85.8 Å². The highest BCUT2D eigenvalue weighted by Crippen LogP contribution is 2.39. The van der Waals surface area contributed by atoms with Gasteiger partial charge in [0.05, 0.1) is 12.1 Å². The molecule has 0 saturated carbocycles. The van der Waals surface area contributed by atoms with Crippen LogP contribution in [0.1, 0.15) is 110 Å². The van der Waals surface area contributed by atoms with Gasteiger partial charge < -0.3 is 16.0 Å². The first-order chi connectivity index (χ1) is 22.3. The first kappa shape index (κ1) is 34.3. The van der Waals surface area contributed by atoms with E-state index >= 15 is 0 Å². The van der Waals surface area contributed by atoms with Crippen LogP contribution in [-0.2, 0) is 9.59 Å². The summed E-state index contributed by atoms with van der Waals surface area (Å²) >= 11 is 7.92. The van der Waals surface area contributed by atoms with E-state index < -0.39 is 6.04 Å². The molecule has 1 fully saturated rings. The molecule has 0 radical (unpaired) electrons. The molecule has 1 saturated heterocycles. The Bertz CT molecular complexity index is 1510. The second-order valence-electron chi connectivity index (χ2n) is 12.6. The van der Waals surface area contributed by atoms with E-state index in [1.54, 1.807) is 11.3 Å². The third-order valence-electron chi connectivity index (χ3n) is 9.17. The van der Waals surface area contributed by atoms with Crippen molar-refractivity contribution in [1.82, 2.24) is 30.7 Å². The van der Waals surface area contributed by atoms with E-state index in [1.807, 2.05) is 31.2 Å². The fourth-order valence-electron chi connectivity index (χ4n) is 6.36. The number of aliphatic imine (C=N–C) groups is 1. The Hall–Kier alpha value is -3.08. The summed E-state index contributed by atoms with van der Waals surface area (Å²) in [5, 5.41) is 20.2. The number of carbonyl (C=O) groups excluding carboxylic acids is 2. The lowest BCUT2D eigenvalue weighted by molar-refractivity contribution is -0.125. The van der Waals surface area contributed by atoms with Gasteiger partial charge in [-0.3, -0.25) is 19.1 Å². The molecule has 0 bridgehead atoms. The highest BCUT2D eigenvalue weighted by atomic mass is 35.5. The number of amides is 2. The number of piperidine rings is 1. The van der Waals surface area contributed by atoms with E-state index in [1.165, 1.54) is 36.1 Å². The summed E-state index contributed by atoms with van der Waals surface area (Å²) < 4.78 is 2.08. The molecule has 248 valence electrons. The fraction of sp³-hybridized carbons (Fsp3) is 0.571. The molecule has 2 amide bonds. The van der Waals surface area contributed by atoms with Crippen LogP contribution in [0.2, 0.25) is 5.02 Å². The second-order valence-corrected chi connectivity index (χ2v) is 14.2. The maximum atomic E-state index is 13.2. The number of nitrogens with one attached hydrogen (secondary N) is 3. The number of hydrogen-bond acceptors (Lipinski definition) is 7. The smallest absolute Gasteiger partial charge is 0.223 e. The van der Waals surface area contributed by atoms with Gasteiger partial charge in [-0.15, -0.1) is 21.5 Å². The molecule has 3 aromatic rings. The average Bonchev–Trinajstić information content (AvgIpc) is 3.54. The number of benzene rings is 1. The van der Waals surface area contributed by atoms with Gasteiger partial charge in [0.1, 0.15) is 16.9 Å². The number of thiophene rings is 1. The predicted molar refractivity (Wildman–Crippen MR) is 186 cm³/mol.